The molecule has 2 bridgehead atoms. The van der Waals surface area contributed by atoms with Gasteiger partial charge < -0.3 is 19.7 Å². The van der Waals surface area contributed by atoms with E-state index in [0.717, 1.165) is 18.7 Å². The molecule has 0 amide bonds. The molecule has 1 saturated carbocycles. The van der Waals surface area contributed by atoms with Crippen LogP contribution in [0, 0.1) is 5.92 Å². The molecule has 0 radical (unpaired) electrons. The molecule has 5 rings (SSSR count). The summed E-state index contributed by atoms with van der Waals surface area (Å²) in [6, 6.07) is 8.54. The Balaban J connectivity index is 1.34. The van der Waals surface area contributed by atoms with Crippen LogP contribution in [0.5, 0.6) is 11.6 Å². The molecule has 1 aliphatic carbocycles. The molecule has 1 aromatic carbocycles. The molecule has 3 aromatic rings. The molecule has 0 spiro atoms. The zero-order valence-electron chi connectivity index (χ0n) is 14.4. The predicted octanol–water partition coefficient (Wildman–Crippen LogP) is 2.11. The molecule has 4 atom stereocenters. The normalized spacial score (nSPS) is 26.4. The van der Waals surface area contributed by atoms with Crippen LogP contribution in [0.3, 0.4) is 0 Å². The molecule has 2 unspecified atom stereocenters. The van der Waals surface area contributed by atoms with Gasteiger partial charge in [0.2, 0.25) is 5.88 Å². The molecule has 8 heteroatoms. The number of alkyl halides is 1. The number of aromatic nitrogens is 4. The Bertz CT molecular complexity index is 945. The average molecular weight is 367 g/mol. The second-order valence-corrected chi connectivity index (χ2v) is 6.97. The number of fused-ring (bicyclic) bond motifs is 2. The third kappa shape index (κ3) is 2.82. The van der Waals surface area contributed by atoms with Crippen molar-refractivity contribution in [2.24, 2.45) is 5.92 Å². The lowest BCUT2D eigenvalue weighted by Gasteiger charge is -2.26. The highest BCUT2D eigenvalue weighted by atomic mass is 19.1. The molecule has 2 N–H and O–H groups in total. The van der Waals surface area contributed by atoms with Crippen molar-refractivity contribution in [2.75, 3.05) is 6.54 Å². The van der Waals surface area contributed by atoms with Crippen LogP contribution >= 0.6 is 0 Å². The average Bonchev–Trinajstić information content (AvgIpc) is 3.42. The fraction of sp³-hybridized carbons (Fsp3) is 0.316. The summed E-state index contributed by atoms with van der Waals surface area (Å²) >= 11 is 0. The zero-order chi connectivity index (χ0) is 18.4. The van der Waals surface area contributed by atoms with E-state index >= 15 is 0 Å². The van der Waals surface area contributed by atoms with Crippen molar-refractivity contribution in [3.63, 3.8) is 0 Å². The highest BCUT2D eigenvalue weighted by Gasteiger charge is 2.50. The first-order valence-electron chi connectivity index (χ1n) is 8.88. The maximum absolute atomic E-state index is 14.2. The summed E-state index contributed by atoms with van der Waals surface area (Å²) in [4.78, 5) is 3.99. The van der Waals surface area contributed by atoms with Gasteiger partial charge in [-0.1, -0.05) is 0 Å². The molecular weight excluding hydrogens is 349 g/mol. The number of halogens is 1. The number of piperidine rings is 1. The summed E-state index contributed by atoms with van der Waals surface area (Å²) < 4.78 is 21.8. The molecule has 138 valence electrons. The lowest BCUT2D eigenvalue weighted by Crippen LogP contribution is -2.46. The molecule has 2 aromatic heterocycles. The van der Waals surface area contributed by atoms with Crippen LogP contribution in [0.25, 0.3) is 16.9 Å². The fourth-order valence-corrected chi connectivity index (χ4v) is 3.91. The number of nitrogens with one attached hydrogen (secondary N) is 1. The minimum atomic E-state index is -1.02. The number of aromatic hydroxyl groups is 1. The van der Waals surface area contributed by atoms with E-state index in [9.17, 15) is 9.50 Å². The summed E-state index contributed by atoms with van der Waals surface area (Å²) in [5, 5.41) is 21.7. The second-order valence-electron chi connectivity index (χ2n) is 6.97. The molecular formula is C19H18FN5O2. The van der Waals surface area contributed by atoms with Crippen LogP contribution in [-0.4, -0.2) is 49.7 Å². The number of imidazole rings is 1. The van der Waals surface area contributed by atoms with Crippen LogP contribution in [0.4, 0.5) is 4.39 Å². The summed E-state index contributed by atoms with van der Waals surface area (Å²) in [7, 11) is 0. The Morgan fingerprint density at radius 1 is 1.22 bits per heavy atom. The number of hydrogen-bond donors (Lipinski definition) is 2. The number of ether oxygens (including phenoxy) is 1. The minimum Gasteiger partial charge on any atom is -0.507 e. The zero-order valence-corrected chi connectivity index (χ0v) is 14.4. The van der Waals surface area contributed by atoms with Crippen LogP contribution in [0.15, 0.2) is 49.1 Å². The van der Waals surface area contributed by atoms with E-state index in [1.807, 2.05) is 6.07 Å². The topological polar surface area (TPSA) is 85.1 Å². The highest BCUT2D eigenvalue weighted by Crippen LogP contribution is 2.36. The largest absolute Gasteiger partial charge is 0.507 e. The van der Waals surface area contributed by atoms with E-state index in [1.54, 1.807) is 47.6 Å². The third-order valence-corrected chi connectivity index (χ3v) is 5.32. The van der Waals surface area contributed by atoms with Gasteiger partial charge in [-0.15, -0.1) is 10.2 Å². The van der Waals surface area contributed by atoms with E-state index in [0.29, 0.717) is 17.1 Å². The second kappa shape index (κ2) is 6.31. The van der Waals surface area contributed by atoms with E-state index in [2.05, 4.69) is 20.5 Å². The summed E-state index contributed by atoms with van der Waals surface area (Å²) in [5.74, 6) is 0.562. The summed E-state index contributed by atoms with van der Waals surface area (Å²) in [6.07, 6.45) is 4.43. The third-order valence-electron chi connectivity index (χ3n) is 5.32. The van der Waals surface area contributed by atoms with Gasteiger partial charge in [-0.2, -0.15) is 0 Å². The first-order valence-corrected chi connectivity index (χ1v) is 8.88. The quantitative estimate of drug-likeness (QED) is 0.735. The van der Waals surface area contributed by atoms with Gasteiger partial charge in [0.1, 0.15) is 11.9 Å². The Morgan fingerprint density at radius 3 is 2.81 bits per heavy atom. The highest BCUT2D eigenvalue weighted by molar-refractivity contribution is 5.68. The van der Waals surface area contributed by atoms with Crippen LogP contribution in [0.1, 0.15) is 6.42 Å². The number of rotatable bonds is 4. The van der Waals surface area contributed by atoms with Crippen molar-refractivity contribution in [1.29, 1.82) is 0 Å². The van der Waals surface area contributed by atoms with Gasteiger partial charge in [0, 0.05) is 48.6 Å². The number of hydrogen-bond acceptors (Lipinski definition) is 6. The molecule has 1 saturated heterocycles. The lowest BCUT2D eigenvalue weighted by molar-refractivity contribution is 0.0615. The SMILES string of the molecule is Oc1cc(-n2ccnc2)ccc1-c1ccc(O[C@H]2C3CNC(C3)[C@H]2F)nn1. The van der Waals surface area contributed by atoms with Crippen LogP contribution in [-0.2, 0) is 0 Å². The predicted molar refractivity (Wildman–Crippen MR) is 95.5 cm³/mol. The van der Waals surface area contributed by atoms with E-state index in [-0.39, 0.29) is 17.7 Å². The van der Waals surface area contributed by atoms with Gasteiger partial charge in [-0.3, -0.25) is 0 Å². The van der Waals surface area contributed by atoms with Gasteiger partial charge in [-0.25, -0.2) is 9.37 Å². The monoisotopic (exact) mass is 367 g/mol. The van der Waals surface area contributed by atoms with Gasteiger partial charge in [0.15, 0.2) is 6.17 Å². The number of phenols is 1. The number of phenolic OH excluding ortho intramolecular Hbond substituents is 1. The Morgan fingerprint density at radius 2 is 2.15 bits per heavy atom. The standard InChI is InChI=1S/C19H18FN5O2/c20-18-15-7-11(9-22-15)19(18)27-17-4-3-14(23-24-17)13-2-1-12(8-16(13)26)25-6-5-21-10-25/h1-6,8,10-11,15,18-19,22,26H,7,9H2/t11?,15?,18-,19+/m1/s1. The van der Waals surface area contributed by atoms with Gasteiger partial charge >= 0.3 is 0 Å². The smallest absolute Gasteiger partial charge is 0.233 e. The Hall–Kier alpha value is -3.00. The van der Waals surface area contributed by atoms with Crippen LogP contribution in [0.2, 0.25) is 0 Å². The van der Waals surface area contributed by atoms with E-state index in [4.69, 9.17) is 4.74 Å². The van der Waals surface area contributed by atoms with Crippen molar-refractivity contribution >= 4 is 0 Å². The molecule has 2 fully saturated rings. The van der Waals surface area contributed by atoms with E-state index in [1.165, 1.54) is 0 Å². The lowest BCUT2D eigenvalue weighted by atomic mass is 10.1. The van der Waals surface area contributed by atoms with E-state index < -0.39 is 12.3 Å². The summed E-state index contributed by atoms with van der Waals surface area (Å²) in [5.41, 5.74) is 1.87. The number of nitrogens with zero attached hydrogens (tertiary/aromatic N) is 4. The molecule has 1 aliphatic heterocycles. The first-order chi connectivity index (χ1) is 13.2. The van der Waals surface area contributed by atoms with Gasteiger partial charge in [0.05, 0.1) is 17.7 Å². The molecule has 7 nitrogen and oxygen atoms in total. The fourth-order valence-electron chi connectivity index (χ4n) is 3.91. The molecule has 3 heterocycles. The Labute approximate surface area is 154 Å². The minimum absolute atomic E-state index is 0.0900. The van der Waals surface area contributed by atoms with Crippen molar-refractivity contribution in [1.82, 2.24) is 25.1 Å². The molecule has 27 heavy (non-hydrogen) atoms. The van der Waals surface area contributed by atoms with Crippen LogP contribution < -0.4 is 10.1 Å². The summed E-state index contributed by atoms with van der Waals surface area (Å²) in [6.45, 7) is 0.776. The maximum atomic E-state index is 14.2. The van der Waals surface area contributed by atoms with Crippen molar-refractivity contribution < 1.29 is 14.2 Å². The van der Waals surface area contributed by atoms with Gasteiger partial charge in [0.25, 0.3) is 0 Å². The number of benzene rings is 1. The first kappa shape index (κ1) is 16.2. The molecule has 2 aliphatic rings. The van der Waals surface area contributed by atoms with Gasteiger partial charge in [-0.05, 0) is 24.6 Å². The van der Waals surface area contributed by atoms with Crippen molar-refractivity contribution in [3.8, 4) is 28.6 Å². The maximum Gasteiger partial charge on any atom is 0.233 e. The Kier molecular flexibility index (Phi) is 3.78. The van der Waals surface area contributed by atoms with Crippen molar-refractivity contribution in [2.45, 2.75) is 24.7 Å². The van der Waals surface area contributed by atoms with Crippen molar-refractivity contribution in [3.05, 3.63) is 49.1 Å².